The Morgan fingerprint density at radius 3 is 2.82 bits per heavy atom. The van der Waals surface area contributed by atoms with Gasteiger partial charge in [-0.25, -0.2) is 9.97 Å². The van der Waals surface area contributed by atoms with Crippen LogP contribution in [-0.2, 0) is 6.54 Å². The normalized spacial score (nSPS) is 19.2. The van der Waals surface area contributed by atoms with Gasteiger partial charge in [0.15, 0.2) is 5.82 Å². The van der Waals surface area contributed by atoms with Gasteiger partial charge in [-0.05, 0) is 50.1 Å². The summed E-state index contributed by atoms with van der Waals surface area (Å²) < 4.78 is 0. The van der Waals surface area contributed by atoms with Gasteiger partial charge in [0.1, 0.15) is 5.75 Å². The van der Waals surface area contributed by atoms with Crippen molar-refractivity contribution < 1.29 is 5.11 Å². The molecule has 3 rings (SSSR count). The minimum absolute atomic E-state index is 0.361. The molecule has 116 valence electrons. The molecule has 0 bridgehead atoms. The Labute approximate surface area is 131 Å². The van der Waals surface area contributed by atoms with Crippen molar-refractivity contribution in [3.05, 3.63) is 42.2 Å². The van der Waals surface area contributed by atoms with Gasteiger partial charge in [-0.3, -0.25) is 4.90 Å². The Kier molecular flexibility index (Phi) is 4.68. The Morgan fingerprint density at radius 2 is 2.05 bits per heavy atom. The number of aromatic hydroxyl groups is 1. The van der Waals surface area contributed by atoms with Crippen LogP contribution in [0.15, 0.2) is 36.7 Å². The molecule has 1 aromatic heterocycles. The number of likely N-dealkylation sites (tertiary alicyclic amines) is 1. The van der Waals surface area contributed by atoms with Crippen molar-refractivity contribution in [2.75, 3.05) is 6.54 Å². The number of phenols is 1. The lowest BCUT2D eigenvalue weighted by Crippen LogP contribution is -2.38. The Hall–Kier alpha value is -1.94. The maximum atomic E-state index is 10.2. The minimum Gasteiger partial charge on any atom is -0.508 e. The first-order valence-electron chi connectivity index (χ1n) is 8.11. The van der Waals surface area contributed by atoms with Crippen LogP contribution >= 0.6 is 0 Å². The third-order valence-electron chi connectivity index (χ3n) is 4.50. The number of rotatable bonds is 4. The Bertz CT molecular complexity index is 615. The number of piperidine rings is 1. The highest BCUT2D eigenvalue weighted by atomic mass is 16.3. The van der Waals surface area contributed by atoms with E-state index >= 15 is 0 Å². The van der Waals surface area contributed by atoms with E-state index in [0.717, 1.165) is 24.2 Å². The van der Waals surface area contributed by atoms with Crippen LogP contribution in [0.4, 0.5) is 0 Å². The second-order valence-electron chi connectivity index (χ2n) is 5.94. The van der Waals surface area contributed by atoms with Gasteiger partial charge in [0.2, 0.25) is 0 Å². The van der Waals surface area contributed by atoms with Crippen molar-refractivity contribution in [1.29, 1.82) is 0 Å². The highest BCUT2D eigenvalue weighted by molar-refractivity contribution is 5.58. The lowest BCUT2D eigenvalue weighted by atomic mass is 9.98. The SMILES string of the molecule is CC[C@H]1CCCCN1Cc1cc(-c2ncccn2)ccc1O. The first-order valence-corrected chi connectivity index (χ1v) is 8.11. The summed E-state index contributed by atoms with van der Waals surface area (Å²) in [6, 6.07) is 8.09. The molecular formula is C18H23N3O. The van der Waals surface area contributed by atoms with Crippen LogP contribution in [0.3, 0.4) is 0 Å². The molecule has 4 nitrogen and oxygen atoms in total. The highest BCUT2D eigenvalue weighted by Gasteiger charge is 2.21. The van der Waals surface area contributed by atoms with E-state index in [1.807, 2.05) is 18.2 Å². The summed E-state index contributed by atoms with van der Waals surface area (Å²) in [6.07, 6.45) is 8.48. The van der Waals surface area contributed by atoms with Gasteiger partial charge in [-0.2, -0.15) is 0 Å². The summed E-state index contributed by atoms with van der Waals surface area (Å²) in [5.41, 5.74) is 1.92. The molecule has 2 aromatic rings. The molecule has 0 spiro atoms. The van der Waals surface area contributed by atoms with Crippen LogP contribution in [0.25, 0.3) is 11.4 Å². The van der Waals surface area contributed by atoms with Gasteiger partial charge in [-0.1, -0.05) is 13.3 Å². The Balaban J connectivity index is 1.84. The average Bonchev–Trinajstić information content (AvgIpc) is 2.58. The molecule has 1 fully saturated rings. The van der Waals surface area contributed by atoms with Gasteiger partial charge in [0.05, 0.1) is 0 Å². The topological polar surface area (TPSA) is 49.2 Å². The molecule has 1 aliphatic rings. The number of nitrogens with zero attached hydrogens (tertiary/aromatic N) is 3. The van der Waals surface area contributed by atoms with Gasteiger partial charge >= 0.3 is 0 Å². The number of phenolic OH excluding ortho intramolecular Hbond substituents is 1. The zero-order chi connectivity index (χ0) is 15.4. The maximum absolute atomic E-state index is 10.2. The molecule has 1 atom stereocenters. The third kappa shape index (κ3) is 3.28. The molecule has 4 heteroatoms. The second-order valence-corrected chi connectivity index (χ2v) is 5.94. The fourth-order valence-corrected chi connectivity index (χ4v) is 3.25. The van der Waals surface area contributed by atoms with Crippen LogP contribution in [-0.4, -0.2) is 32.6 Å². The molecule has 0 unspecified atom stereocenters. The van der Waals surface area contributed by atoms with E-state index in [1.165, 1.54) is 25.7 Å². The zero-order valence-corrected chi connectivity index (χ0v) is 13.1. The highest BCUT2D eigenvalue weighted by Crippen LogP contribution is 2.28. The summed E-state index contributed by atoms with van der Waals surface area (Å²) in [4.78, 5) is 11.1. The molecule has 0 saturated carbocycles. The molecule has 2 heterocycles. The first kappa shape index (κ1) is 15.0. The molecule has 0 aliphatic carbocycles. The van der Waals surface area contributed by atoms with Gasteiger partial charge in [0.25, 0.3) is 0 Å². The summed E-state index contributed by atoms with van der Waals surface area (Å²) >= 11 is 0. The van der Waals surface area contributed by atoms with E-state index in [1.54, 1.807) is 18.5 Å². The summed E-state index contributed by atoms with van der Waals surface area (Å²) in [7, 11) is 0. The average molecular weight is 297 g/mol. The molecule has 1 N–H and O–H groups in total. The predicted octanol–water partition coefficient (Wildman–Crippen LogP) is 3.61. The maximum Gasteiger partial charge on any atom is 0.159 e. The molecule has 22 heavy (non-hydrogen) atoms. The van der Waals surface area contributed by atoms with E-state index < -0.39 is 0 Å². The van der Waals surface area contributed by atoms with E-state index in [9.17, 15) is 5.11 Å². The predicted molar refractivity (Wildman–Crippen MR) is 87.5 cm³/mol. The molecular weight excluding hydrogens is 274 g/mol. The summed E-state index contributed by atoms with van der Waals surface area (Å²) in [5, 5.41) is 10.2. The van der Waals surface area contributed by atoms with Crippen molar-refractivity contribution in [2.45, 2.75) is 45.2 Å². The first-order chi connectivity index (χ1) is 10.8. The smallest absolute Gasteiger partial charge is 0.159 e. The largest absolute Gasteiger partial charge is 0.508 e. The third-order valence-corrected chi connectivity index (χ3v) is 4.50. The van der Waals surface area contributed by atoms with Gasteiger partial charge in [-0.15, -0.1) is 0 Å². The quantitative estimate of drug-likeness (QED) is 0.936. The van der Waals surface area contributed by atoms with Gasteiger partial charge < -0.3 is 5.11 Å². The lowest BCUT2D eigenvalue weighted by molar-refractivity contribution is 0.135. The van der Waals surface area contributed by atoms with Crippen LogP contribution in [0.2, 0.25) is 0 Å². The van der Waals surface area contributed by atoms with Crippen molar-refractivity contribution in [3.8, 4) is 17.1 Å². The summed E-state index contributed by atoms with van der Waals surface area (Å²) in [5.74, 6) is 1.06. The van der Waals surface area contributed by atoms with Crippen molar-refractivity contribution in [2.24, 2.45) is 0 Å². The van der Waals surface area contributed by atoms with Crippen LogP contribution in [0, 0.1) is 0 Å². The monoisotopic (exact) mass is 297 g/mol. The second kappa shape index (κ2) is 6.88. The van der Waals surface area contributed by atoms with Crippen LogP contribution < -0.4 is 0 Å². The summed E-state index contributed by atoms with van der Waals surface area (Å²) in [6.45, 7) is 4.16. The molecule has 0 amide bonds. The van der Waals surface area contributed by atoms with E-state index in [0.29, 0.717) is 17.6 Å². The number of hydrogen-bond donors (Lipinski definition) is 1. The van der Waals surface area contributed by atoms with Crippen molar-refractivity contribution in [3.63, 3.8) is 0 Å². The fourth-order valence-electron chi connectivity index (χ4n) is 3.25. The van der Waals surface area contributed by atoms with Crippen molar-refractivity contribution in [1.82, 2.24) is 14.9 Å². The van der Waals surface area contributed by atoms with Crippen LogP contribution in [0.5, 0.6) is 5.75 Å². The number of hydrogen-bond acceptors (Lipinski definition) is 4. The molecule has 1 saturated heterocycles. The van der Waals surface area contributed by atoms with E-state index in [4.69, 9.17) is 0 Å². The minimum atomic E-state index is 0.361. The van der Waals surface area contributed by atoms with E-state index in [-0.39, 0.29) is 0 Å². The van der Waals surface area contributed by atoms with E-state index in [2.05, 4.69) is 21.8 Å². The Morgan fingerprint density at radius 1 is 1.23 bits per heavy atom. The van der Waals surface area contributed by atoms with Crippen LogP contribution in [0.1, 0.15) is 38.2 Å². The number of aromatic nitrogens is 2. The zero-order valence-electron chi connectivity index (χ0n) is 13.1. The molecule has 1 aliphatic heterocycles. The lowest BCUT2D eigenvalue weighted by Gasteiger charge is -2.35. The molecule has 0 radical (unpaired) electrons. The van der Waals surface area contributed by atoms with Gasteiger partial charge in [0, 0.05) is 36.1 Å². The fraction of sp³-hybridized carbons (Fsp3) is 0.444. The number of benzene rings is 1. The van der Waals surface area contributed by atoms with Crippen molar-refractivity contribution >= 4 is 0 Å². The molecule has 1 aromatic carbocycles. The standard InChI is InChI=1S/C18H23N3O/c1-2-16-6-3-4-11-21(16)13-15-12-14(7-8-17(15)22)18-19-9-5-10-20-18/h5,7-10,12,16,22H,2-4,6,11,13H2,1H3/t16-/m0/s1.